The van der Waals surface area contributed by atoms with Crippen LogP contribution in [0.15, 0.2) is 47.4 Å². The van der Waals surface area contributed by atoms with Crippen molar-refractivity contribution < 1.29 is 21.6 Å². The molecule has 0 aliphatic rings. The van der Waals surface area contributed by atoms with Crippen molar-refractivity contribution in [1.29, 1.82) is 0 Å². The minimum Gasteiger partial charge on any atom is -0.264 e. The number of anilines is 1. The highest BCUT2D eigenvalue weighted by atomic mass is 32.2. The smallest absolute Gasteiger partial charge is 0.264 e. The zero-order valence-corrected chi connectivity index (χ0v) is 12.7. The normalized spacial score (nSPS) is 11.7. The lowest BCUT2D eigenvalue weighted by Gasteiger charge is -2.28. The first-order valence-electron chi connectivity index (χ1n) is 6.49. The summed E-state index contributed by atoms with van der Waals surface area (Å²) in [4.78, 5) is -0.899. The van der Waals surface area contributed by atoms with Crippen LogP contribution in [0.2, 0.25) is 0 Å². The van der Waals surface area contributed by atoms with Gasteiger partial charge < -0.3 is 0 Å². The summed E-state index contributed by atoms with van der Waals surface area (Å²) in [5.74, 6) is -4.19. The molecule has 22 heavy (non-hydrogen) atoms. The lowest BCUT2D eigenvalue weighted by molar-refractivity contribution is 0.481. The van der Waals surface area contributed by atoms with E-state index in [0.29, 0.717) is 11.8 Å². The highest BCUT2D eigenvalue weighted by Gasteiger charge is 2.31. The van der Waals surface area contributed by atoms with E-state index < -0.39 is 38.4 Å². The zero-order valence-electron chi connectivity index (χ0n) is 11.9. The van der Waals surface area contributed by atoms with Gasteiger partial charge in [0.15, 0.2) is 11.6 Å². The second-order valence-electron chi connectivity index (χ2n) is 4.93. The molecule has 0 saturated carbocycles. The van der Waals surface area contributed by atoms with E-state index in [-0.39, 0.29) is 6.07 Å². The molecule has 2 rings (SSSR count). The molecule has 0 aliphatic carbocycles. The summed E-state index contributed by atoms with van der Waals surface area (Å²) in [6.07, 6.45) is 0. The third kappa shape index (κ3) is 2.94. The first-order chi connectivity index (χ1) is 10.2. The molecule has 0 atom stereocenters. The SMILES string of the molecule is CC(C)N(c1ccccc1)S(=O)(=O)c1cc(F)c(F)cc1F. The maximum Gasteiger partial charge on any atom is 0.267 e. The average molecular weight is 329 g/mol. The molecule has 0 unspecified atom stereocenters. The van der Waals surface area contributed by atoms with Crippen molar-refractivity contribution in [2.75, 3.05) is 4.31 Å². The summed E-state index contributed by atoms with van der Waals surface area (Å²) in [5.41, 5.74) is 0.307. The van der Waals surface area contributed by atoms with Crippen LogP contribution in [0, 0.1) is 17.5 Å². The second-order valence-corrected chi connectivity index (χ2v) is 6.71. The summed E-state index contributed by atoms with van der Waals surface area (Å²) in [6.45, 7) is 3.20. The predicted octanol–water partition coefficient (Wildman–Crippen LogP) is 3.71. The van der Waals surface area contributed by atoms with Crippen molar-refractivity contribution >= 4 is 15.7 Å². The molecule has 0 N–H and O–H groups in total. The second kappa shape index (κ2) is 6.00. The summed E-state index contributed by atoms with van der Waals surface area (Å²) in [7, 11) is -4.37. The Morgan fingerprint density at radius 2 is 1.45 bits per heavy atom. The van der Waals surface area contributed by atoms with Gasteiger partial charge in [-0.25, -0.2) is 21.6 Å². The van der Waals surface area contributed by atoms with E-state index in [1.54, 1.807) is 32.0 Å². The molecule has 0 amide bonds. The quantitative estimate of drug-likeness (QED) is 0.802. The fourth-order valence-corrected chi connectivity index (χ4v) is 3.82. The van der Waals surface area contributed by atoms with Gasteiger partial charge in [0.2, 0.25) is 0 Å². The van der Waals surface area contributed by atoms with E-state index in [9.17, 15) is 21.6 Å². The Labute approximate surface area is 127 Å². The van der Waals surface area contributed by atoms with Crippen molar-refractivity contribution in [3.8, 4) is 0 Å². The molecular weight excluding hydrogens is 315 g/mol. The molecule has 2 aromatic carbocycles. The zero-order chi connectivity index (χ0) is 16.5. The molecule has 3 nitrogen and oxygen atoms in total. The Morgan fingerprint density at radius 3 is 2.00 bits per heavy atom. The first kappa shape index (κ1) is 16.4. The standard InChI is InChI=1S/C15H14F3NO2S/c1-10(2)19(11-6-4-3-5-7-11)22(20,21)15-9-13(17)12(16)8-14(15)18/h3-10H,1-2H3. The fraction of sp³-hybridized carbons (Fsp3) is 0.200. The van der Waals surface area contributed by atoms with Crippen molar-refractivity contribution in [3.63, 3.8) is 0 Å². The van der Waals surface area contributed by atoms with E-state index in [1.165, 1.54) is 12.1 Å². The Morgan fingerprint density at radius 1 is 0.909 bits per heavy atom. The highest BCUT2D eigenvalue weighted by molar-refractivity contribution is 7.92. The fourth-order valence-electron chi connectivity index (χ4n) is 2.10. The number of benzene rings is 2. The molecule has 0 aliphatic heterocycles. The molecule has 0 saturated heterocycles. The summed E-state index contributed by atoms with van der Waals surface area (Å²) < 4.78 is 66.5. The number of hydrogen-bond donors (Lipinski definition) is 0. The summed E-state index contributed by atoms with van der Waals surface area (Å²) in [5, 5.41) is 0. The monoisotopic (exact) mass is 329 g/mol. The van der Waals surface area contributed by atoms with E-state index in [1.807, 2.05) is 0 Å². The first-order valence-corrected chi connectivity index (χ1v) is 7.93. The third-order valence-corrected chi connectivity index (χ3v) is 5.01. The van der Waals surface area contributed by atoms with Crippen LogP contribution in [0.1, 0.15) is 13.8 Å². The van der Waals surface area contributed by atoms with Crippen LogP contribution in [0.25, 0.3) is 0 Å². The van der Waals surface area contributed by atoms with E-state index in [4.69, 9.17) is 0 Å². The van der Waals surface area contributed by atoms with Gasteiger partial charge in [0, 0.05) is 18.2 Å². The minimum atomic E-state index is -4.37. The highest BCUT2D eigenvalue weighted by Crippen LogP contribution is 2.28. The van der Waals surface area contributed by atoms with E-state index >= 15 is 0 Å². The van der Waals surface area contributed by atoms with Crippen LogP contribution in [-0.2, 0) is 10.0 Å². The Balaban J connectivity index is 2.64. The van der Waals surface area contributed by atoms with Crippen molar-refractivity contribution in [2.45, 2.75) is 24.8 Å². The van der Waals surface area contributed by atoms with Crippen molar-refractivity contribution in [1.82, 2.24) is 0 Å². The van der Waals surface area contributed by atoms with E-state index in [2.05, 4.69) is 0 Å². The van der Waals surface area contributed by atoms with Gasteiger partial charge in [0.05, 0.1) is 5.69 Å². The number of nitrogens with zero attached hydrogens (tertiary/aromatic N) is 1. The van der Waals surface area contributed by atoms with Gasteiger partial charge in [-0.3, -0.25) is 4.31 Å². The van der Waals surface area contributed by atoms with Crippen LogP contribution in [0.4, 0.5) is 18.9 Å². The molecule has 0 fully saturated rings. The topological polar surface area (TPSA) is 37.4 Å². The van der Waals surface area contributed by atoms with Crippen LogP contribution in [-0.4, -0.2) is 14.5 Å². The molecule has 0 spiro atoms. The summed E-state index contributed by atoms with van der Waals surface area (Å²) in [6, 6.07) is 8.07. The average Bonchev–Trinajstić information content (AvgIpc) is 2.43. The number of halogens is 3. The molecule has 2 aromatic rings. The Kier molecular flexibility index (Phi) is 4.46. The van der Waals surface area contributed by atoms with Crippen LogP contribution in [0.3, 0.4) is 0 Å². The van der Waals surface area contributed by atoms with Gasteiger partial charge in [-0.05, 0) is 26.0 Å². The van der Waals surface area contributed by atoms with Crippen molar-refractivity contribution in [2.24, 2.45) is 0 Å². The molecule has 0 bridgehead atoms. The number of sulfonamides is 1. The van der Waals surface area contributed by atoms with Crippen molar-refractivity contribution in [3.05, 3.63) is 59.9 Å². The molecule has 0 aromatic heterocycles. The van der Waals surface area contributed by atoms with E-state index in [0.717, 1.165) is 4.31 Å². The van der Waals surface area contributed by atoms with Crippen LogP contribution >= 0.6 is 0 Å². The van der Waals surface area contributed by atoms with Crippen LogP contribution < -0.4 is 4.31 Å². The molecule has 7 heteroatoms. The third-order valence-electron chi connectivity index (χ3n) is 2.99. The molecular formula is C15H14F3NO2S. The molecule has 118 valence electrons. The van der Waals surface area contributed by atoms with Gasteiger partial charge in [-0.1, -0.05) is 18.2 Å². The summed E-state index contributed by atoms with van der Waals surface area (Å²) >= 11 is 0. The lowest BCUT2D eigenvalue weighted by atomic mass is 10.3. The van der Waals surface area contributed by atoms with Crippen LogP contribution in [0.5, 0.6) is 0 Å². The maximum atomic E-state index is 13.9. The number of para-hydroxylation sites is 1. The number of rotatable bonds is 4. The largest absolute Gasteiger partial charge is 0.267 e. The Hall–Kier alpha value is -2.02. The molecule has 0 radical (unpaired) electrons. The predicted molar refractivity (Wildman–Crippen MR) is 77.6 cm³/mol. The lowest BCUT2D eigenvalue weighted by Crippen LogP contribution is -2.37. The van der Waals surface area contributed by atoms with Gasteiger partial charge in [-0.2, -0.15) is 0 Å². The Bertz CT molecular complexity index is 777. The number of hydrogen-bond acceptors (Lipinski definition) is 2. The maximum absolute atomic E-state index is 13.9. The van der Waals surface area contributed by atoms with Gasteiger partial charge >= 0.3 is 0 Å². The van der Waals surface area contributed by atoms with Gasteiger partial charge in [-0.15, -0.1) is 0 Å². The molecule has 0 heterocycles. The minimum absolute atomic E-state index is 0.228. The van der Waals surface area contributed by atoms with Gasteiger partial charge in [0.1, 0.15) is 10.7 Å². The van der Waals surface area contributed by atoms with Gasteiger partial charge in [0.25, 0.3) is 10.0 Å².